The molecule has 4 heteroatoms. The van der Waals surface area contributed by atoms with Gasteiger partial charge in [0.05, 0.1) is 0 Å². The van der Waals surface area contributed by atoms with Crippen LogP contribution >= 0.6 is 11.6 Å². The van der Waals surface area contributed by atoms with E-state index in [4.69, 9.17) is 17.3 Å². The fourth-order valence-electron chi connectivity index (χ4n) is 2.29. The number of aromatic hydroxyl groups is 2. The largest absolute Gasteiger partial charge is 0.504 e. The van der Waals surface area contributed by atoms with Gasteiger partial charge in [0.15, 0.2) is 11.5 Å². The smallest absolute Gasteiger partial charge is 0.164 e. The summed E-state index contributed by atoms with van der Waals surface area (Å²) in [5, 5.41) is 19.7. The molecule has 0 bridgehead atoms. The fraction of sp³-hybridized carbons (Fsp3) is 0.455. The van der Waals surface area contributed by atoms with Crippen molar-refractivity contribution in [1.29, 1.82) is 0 Å². The molecule has 0 radical (unpaired) electrons. The summed E-state index contributed by atoms with van der Waals surface area (Å²) in [6.07, 6.45) is 3.65. The topological polar surface area (TPSA) is 66.5 Å². The lowest BCUT2D eigenvalue weighted by Crippen LogP contribution is -2.33. The number of hydrogen-bond acceptors (Lipinski definition) is 3. The van der Waals surface area contributed by atoms with Crippen molar-refractivity contribution >= 4 is 11.6 Å². The summed E-state index contributed by atoms with van der Waals surface area (Å²) in [4.78, 5) is 0. The molecule has 1 aliphatic carbocycles. The molecule has 0 aromatic heterocycles. The Kier molecular flexibility index (Phi) is 2.52. The first kappa shape index (κ1) is 10.6. The summed E-state index contributed by atoms with van der Waals surface area (Å²) < 4.78 is 0. The predicted octanol–water partition coefficient (Wildman–Crippen LogP) is 2.48. The van der Waals surface area contributed by atoms with Crippen molar-refractivity contribution in [2.75, 3.05) is 0 Å². The number of phenols is 2. The van der Waals surface area contributed by atoms with Crippen molar-refractivity contribution in [3.05, 3.63) is 22.7 Å². The maximum atomic E-state index is 9.79. The van der Waals surface area contributed by atoms with E-state index in [0.29, 0.717) is 10.6 Å². The molecule has 0 atom stereocenters. The molecule has 4 N–H and O–H groups in total. The summed E-state index contributed by atoms with van der Waals surface area (Å²) in [5.74, 6) is -0.335. The molecule has 0 amide bonds. The van der Waals surface area contributed by atoms with E-state index in [9.17, 15) is 10.2 Å². The lowest BCUT2D eigenvalue weighted by Gasteiger charge is -2.26. The van der Waals surface area contributed by atoms with E-state index in [1.54, 1.807) is 6.07 Å². The van der Waals surface area contributed by atoms with Gasteiger partial charge < -0.3 is 15.9 Å². The average Bonchev–Trinajstić information content (AvgIpc) is 2.60. The van der Waals surface area contributed by atoms with Crippen LogP contribution in [0.2, 0.25) is 5.02 Å². The molecule has 15 heavy (non-hydrogen) atoms. The van der Waals surface area contributed by atoms with Crippen LogP contribution in [0.5, 0.6) is 11.5 Å². The Morgan fingerprint density at radius 3 is 2.40 bits per heavy atom. The fourth-order valence-corrected chi connectivity index (χ4v) is 2.63. The van der Waals surface area contributed by atoms with E-state index in [2.05, 4.69) is 0 Å². The quantitative estimate of drug-likeness (QED) is 0.646. The molecule has 0 heterocycles. The Morgan fingerprint density at radius 1 is 1.20 bits per heavy atom. The zero-order chi connectivity index (χ0) is 11.1. The van der Waals surface area contributed by atoms with E-state index >= 15 is 0 Å². The van der Waals surface area contributed by atoms with Crippen LogP contribution in [0, 0.1) is 0 Å². The molecule has 1 aliphatic rings. The van der Waals surface area contributed by atoms with Gasteiger partial charge in [0.25, 0.3) is 0 Å². The maximum Gasteiger partial charge on any atom is 0.164 e. The molecule has 0 unspecified atom stereocenters. The van der Waals surface area contributed by atoms with Gasteiger partial charge in [-0.25, -0.2) is 0 Å². The van der Waals surface area contributed by atoms with Gasteiger partial charge in [0.2, 0.25) is 0 Å². The van der Waals surface area contributed by atoms with Gasteiger partial charge in [-0.3, -0.25) is 0 Å². The summed E-state index contributed by atoms with van der Waals surface area (Å²) in [7, 11) is 0. The number of benzene rings is 1. The third-order valence-electron chi connectivity index (χ3n) is 3.10. The first-order chi connectivity index (χ1) is 7.04. The van der Waals surface area contributed by atoms with Gasteiger partial charge in [-0.15, -0.1) is 0 Å². The third-order valence-corrected chi connectivity index (χ3v) is 3.41. The highest BCUT2D eigenvalue weighted by Gasteiger charge is 2.36. The van der Waals surface area contributed by atoms with Crippen LogP contribution in [-0.4, -0.2) is 10.2 Å². The lowest BCUT2D eigenvalue weighted by atomic mass is 9.88. The minimum Gasteiger partial charge on any atom is -0.504 e. The van der Waals surface area contributed by atoms with Crippen LogP contribution < -0.4 is 5.73 Å². The Hall–Kier alpha value is -0.930. The minimum absolute atomic E-state index is 0.161. The van der Waals surface area contributed by atoms with E-state index < -0.39 is 5.54 Å². The molecule has 1 fully saturated rings. The minimum atomic E-state index is -0.583. The van der Waals surface area contributed by atoms with Crippen molar-refractivity contribution in [3.8, 4) is 11.5 Å². The van der Waals surface area contributed by atoms with Gasteiger partial charge in [0, 0.05) is 16.1 Å². The number of phenolic OH excluding ortho intramolecular Hbond substituents is 2. The highest BCUT2D eigenvalue weighted by molar-refractivity contribution is 6.31. The molecule has 0 spiro atoms. The molecule has 0 aliphatic heterocycles. The van der Waals surface area contributed by atoms with E-state index in [1.165, 1.54) is 6.07 Å². The highest BCUT2D eigenvalue weighted by Crippen LogP contribution is 2.46. The second kappa shape index (κ2) is 3.58. The van der Waals surface area contributed by atoms with Crippen LogP contribution in [0.1, 0.15) is 31.2 Å². The monoisotopic (exact) mass is 227 g/mol. The molecule has 1 saturated carbocycles. The van der Waals surface area contributed by atoms with Crippen LogP contribution in [0.4, 0.5) is 0 Å². The van der Waals surface area contributed by atoms with Gasteiger partial charge in [0.1, 0.15) is 0 Å². The SMILES string of the molecule is NC1(c2c(Cl)ccc(O)c2O)CCCC1. The Bertz CT molecular complexity index is 386. The standard InChI is InChI=1S/C11H14ClNO2/c12-7-3-4-8(14)10(15)9(7)11(13)5-1-2-6-11/h3-4,14-15H,1-2,5-6,13H2. The summed E-state index contributed by atoms with van der Waals surface area (Å²) in [6, 6.07) is 2.94. The van der Waals surface area contributed by atoms with Gasteiger partial charge in [-0.05, 0) is 25.0 Å². The van der Waals surface area contributed by atoms with Crippen LogP contribution in [-0.2, 0) is 5.54 Å². The first-order valence-electron chi connectivity index (χ1n) is 5.04. The Labute approximate surface area is 93.5 Å². The number of rotatable bonds is 1. The molecule has 82 valence electrons. The van der Waals surface area contributed by atoms with Gasteiger partial charge in [-0.1, -0.05) is 24.4 Å². The molecule has 0 saturated heterocycles. The second-order valence-corrected chi connectivity index (χ2v) is 4.56. The normalized spacial score (nSPS) is 19.3. The summed E-state index contributed by atoms with van der Waals surface area (Å²) in [5.41, 5.74) is 6.10. The van der Waals surface area contributed by atoms with Crippen molar-refractivity contribution in [1.82, 2.24) is 0 Å². The van der Waals surface area contributed by atoms with Gasteiger partial charge in [-0.2, -0.15) is 0 Å². The lowest BCUT2D eigenvalue weighted by molar-refractivity contribution is 0.373. The van der Waals surface area contributed by atoms with E-state index in [0.717, 1.165) is 25.7 Å². The zero-order valence-electron chi connectivity index (χ0n) is 8.33. The third kappa shape index (κ3) is 1.66. The maximum absolute atomic E-state index is 9.79. The van der Waals surface area contributed by atoms with Crippen molar-refractivity contribution in [2.24, 2.45) is 5.73 Å². The molecule has 1 aromatic rings. The van der Waals surface area contributed by atoms with Crippen molar-refractivity contribution in [3.63, 3.8) is 0 Å². The second-order valence-electron chi connectivity index (χ2n) is 4.15. The molecular weight excluding hydrogens is 214 g/mol. The summed E-state index contributed by atoms with van der Waals surface area (Å²) in [6.45, 7) is 0. The van der Waals surface area contributed by atoms with Crippen LogP contribution in [0.3, 0.4) is 0 Å². The summed E-state index contributed by atoms with van der Waals surface area (Å²) >= 11 is 6.02. The van der Waals surface area contributed by atoms with E-state index in [1.807, 2.05) is 0 Å². The Morgan fingerprint density at radius 2 is 1.80 bits per heavy atom. The van der Waals surface area contributed by atoms with E-state index in [-0.39, 0.29) is 11.5 Å². The zero-order valence-corrected chi connectivity index (χ0v) is 9.09. The number of hydrogen-bond donors (Lipinski definition) is 3. The van der Waals surface area contributed by atoms with Crippen molar-refractivity contribution < 1.29 is 10.2 Å². The molecule has 2 rings (SSSR count). The Balaban J connectivity index is 2.55. The van der Waals surface area contributed by atoms with Crippen LogP contribution in [0.15, 0.2) is 12.1 Å². The first-order valence-corrected chi connectivity index (χ1v) is 5.42. The van der Waals surface area contributed by atoms with Crippen LogP contribution in [0.25, 0.3) is 0 Å². The molecule has 1 aromatic carbocycles. The highest BCUT2D eigenvalue weighted by atomic mass is 35.5. The van der Waals surface area contributed by atoms with Crippen molar-refractivity contribution in [2.45, 2.75) is 31.2 Å². The predicted molar refractivity (Wildman–Crippen MR) is 59.1 cm³/mol. The number of nitrogens with two attached hydrogens (primary N) is 1. The average molecular weight is 228 g/mol. The number of halogens is 1. The molecular formula is C11H14ClNO2. The van der Waals surface area contributed by atoms with Gasteiger partial charge >= 0.3 is 0 Å². The molecule has 3 nitrogen and oxygen atoms in total.